The molecule has 0 saturated heterocycles. The van der Waals surface area contributed by atoms with Crippen molar-refractivity contribution in [2.24, 2.45) is 0 Å². The predicted octanol–water partition coefficient (Wildman–Crippen LogP) is 2.30. The molecule has 1 unspecified atom stereocenters. The van der Waals surface area contributed by atoms with E-state index in [0.29, 0.717) is 25.5 Å². The highest BCUT2D eigenvalue weighted by Gasteiger charge is 2.14. The zero-order valence-electron chi connectivity index (χ0n) is 12.3. The Hall–Kier alpha value is -0.910. The Kier molecular flexibility index (Phi) is 5.18. The number of benzene rings is 1. The van der Waals surface area contributed by atoms with Gasteiger partial charge in [-0.1, -0.05) is 0 Å². The van der Waals surface area contributed by atoms with Crippen LogP contribution < -0.4 is 14.8 Å². The highest BCUT2D eigenvalue weighted by molar-refractivity contribution is 7.99. The lowest BCUT2D eigenvalue weighted by atomic mass is 10.1. The first kappa shape index (κ1) is 15.5. The van der Waals surface area contributed by atoms with Crippen LogP contribution in [-0.4, -0.2) is 42.3 Å². The maximum atomic E-state index is 9.97. The second-order valence-electron chi connectivity index (χ2n) is 5.90. The quantitative estimate of drug-likeness (QED) is 0.817. The van der Waals surface area contributed by atoms with Crippen molar-refractivity contribution in [1.82, 2.24) is 5.32 Å². The summed E-state index contributed by atoms with van der Waals surface area (Å²) in [5, 5.41) is 13.3. The van der Waals surface area contributed by atoms with E-state index in [1.54, 1.807) is 11.8 Å². The van der Waals surface area contributed by atoms with E-state index in [9.17, 15) is 5.11 Å². The number of ether oxygens (including phenoxy) is 2. The van der Waals surface area contributed by atoms with Crippen LogP contribution in [-0.2, 0) is 0 Å². The number of hydrogen-bond donors (Lipinski definition) is 2. The lowest BCUT2D eigenvalue weighted by molar-refractivity contribution is 0.171. The average Bonchev–Trinajstić information content (AvgIpc) is 2.42. The van der Waals surface area contributed by atoms with Crippen molar-refractivity contribution < 1.29 is 14.6 Å². The fourth-order valence-corrected chi connectivity index (χ4v) is 2.65. The largest absolute Gasteiger partial charge is 0.486 e. The Balaban J connectivity index is 1.81. The molecule has 5 heteroatoms. The molecular weight excluding hydrogens is 274 g/mol. The normalized spacial score (nSPS) is 16.0. The average molecular weight is 297 g/mol. The molecule has 112 valence electrons. The second kappa shape index (κ2) is 6.70. The number of nitrogens with one attached hydrogen (secondary N) is 1. The third-order valence-electron chi connectivity index (χ3n) is 2.82. The van der Waals surface area contributed by atoms with Crippen LogP contribution in [0.2, 0.25) is 0 Å². The van der Waals surface area contributed by atoms with Crippen molar-refractivity contribution in [2.45, 2.75) is 37.3 Å². The van der Waals surface area contributed by atoms with E-state index < -0.39 is 0 Å². The molecule has 0 radical (unpaired) electrons. The van der Waals surface area contributed by atoms with Gasteiger partial charge in [0.05, 0.1) is 6.10 Å². The van der Waals surface area contributed by atoms with Gasteiger partial charge in [-0.15, -0.1) is 11.8 Å². The monoisotopic (exact) mass is 297 g/mol. The Morgan fingerprint density at radius 1 is 1.25 bits per heavy atom. The van der Waals surface area contributed by atoms with Crippen LogP contribution in [0.1, 0.15) is 20.8 Å². The van der Waals surface area contributed by atoms with Crippen LogP contribution in [0.15, 0.2) is 23.1 Å². The number of β-amino-alcohol motifs (C(OH)–C–C–N with tert-alkyl or cyclic N) is 1. The van der Waals surface area contributed by atoms with E-state index >= 15 is 0 Å². The van der Waals surface area contributed by atoms with E-state index in [1.807, 2.05) is 18.2 Å². The summed E-state index contributed by atoms with van der Waals surface area (Å²) in [4.78, 5) is 1.09. The molecule has 0 saturated carbocycles. The lowest BCUT2D eigenvalue weighted by Gasteiger charge is -2.23. The molecule has 20 heavy (non-hydrogen) atoms. The van der Waals surface area contributed by atoms with Gasteiger partial charge in [0, 0.05) is 22.7 Å². The third kappa shape index (κ3) is 4.89. The molecule has 4 nitrogen and oxygen atoms in total. The van der Waals surface area contributed by atoms with Crippen LogP contribution in [0.5, 0.6) is 11.5 Å². The number of thioether (sulfide) groups is 1. The molecule has 0 aliphatic carbocycles. The van der Waals surface area contributed by atoms with Gasteiger partial charge in [0.15, 0.2) is 11.5 Å². The fraction of sp³-hybridized carbons (Fsp3) is 0.600. The standard InChI is InChI=1S/C15H23NO3S/c1-15(2,3)16-9-11(17)10-20-12-4-5-13-14(8-12)19-7-6-18-13/h4-5,8,11,16-17H,6-7,9-10H2,1-3H3. The summed E-state index contributed by atoms with van der Waals surface area (Å²) in [5.74, 6) is 2.25. The minimum absolute atomic E-state index is 0.0304. The van der Waals surface area contributed by atoms with E-state index in [4.69, 9.17) is 9.47 Å². The van der Waals surface area contributed by atoms with Crippen molar-refractivity contribution in [3.63, 3.8) is 0 Å². The Labute approximate surface area is 124 Å². The summed E-state index contributed by atoms with van der Waals surface area (Å²) in [6.07, 6.45) is -0.368. The molecule has 1 aromatic rings. The van der Waals surface area contributed by atoms with Crippen molar-refractivity contribution in [2.75, 3.05) is 25.5 Å². The van der Waals surface area contributed by atoms with Gasteiger partial charge < -0.3 is 19.9 Å². The van der Waals surface area contributed by atoms with E-state index in [-0.39, 0.29) is 11.6 Å². The zero-order valence-corrected chi connectivity index (χ0v) is 13.1. The van der Waals surface area contributed by atoms with Crippen molar-refractivity contribution >= 4 is 11.8 Å². The molecule has 2 rings (SSSR count). The fourth-order valence-electron chi connectivity index (χ4n) is 1.79. The summed E-state index contributed by atoms with van der Waals surface area (Å²) in [7, 11) is 0. The first-order valence-electron chi connectivity index (χ1n) is 6.89. The van der Waals surface area contributed by atoms with Gasteiger partial charge in [0.1, 0.15) is 13.2 Å². The van der Waals surface area contributed by atoms with Gasteiger partial charge in [-0.3, -0.25) is 0 Å². The van der Waals surface area contributed by atoms with Gasteiger partial charge in [-0.05, 0) is 39.0 Å². The lowest BCUT2D eigenvalue weighted by Crippen LogP contribution is -2.41. The first-order valence-corrected chi connectivity index (χ1v) is 7.88. The van der Waals surface area contributed by atoms with Crippen molar-refractivity contribution in [1.29, 1.82) is 0 Å². The molecule has 0 fully saturated rings. The molecule has 1 heterocycles. The van der Waals surface area contributed by atoms with Crippen LogP contribution in [0.3, 0.4) is 0 Å². The van der Waals surface area contributed by atoms with E-state index in [0.717, 1.165) is 16.4 Å². The SMILES string of the molecule is CC(C)(C)NCC(O)CSc1ccc2c(c1)OCCO2. The van der Waals surface area contributed by atoms with Crippen LogP contribution in [0, 0.1) is 0 Å². The summed E-state index contributed by atoms with van der Waals surface area (Å²) in [5.41, 5.74) is 0.0304. The molecule has 2 N–H and O–H groups in total. The minimum Gasteiger partial charge on any atom is -0.486 e. The third-order valence-corrected chi connectivity index (χ3v) is 3.96. The summed E-state index contributed by atoms with van der Waals surface area (Å²) in [6.45, 7) is 8.08. The first-order chi connectivity index (χ1) is 9.44. The van der Waals surface area contributed by atoms with Gasteiger partial charge in [0.2, 0.25) is 0 Å². The van der Waals surface area contributed by atoms with Crippen LogP contribution in [0.4, 0.5) is 0 Å². The smallest absolute Gasteiger partial charge is 0.162 e. The second-order valence-corrected chi connectivity index (χ2v) is 6.99. The highest BCUT2D eigenvalue weighted by atomic mass is 32.2. The van der Waals surface area contributed by atoms with Crippen LogP contribution in [0.25, 0.3) is 0 Å². The molecule has 0 aromatic heterocycles. The molecule has 0 spiro atoms. The number of rotatable bonds is 5. The molecule has 1 atom stereocenters. The molecule has 0 amide bonds. The number of hydrogen-bond acceptors (Lipinski definition) is 5. The van der Waals surface area contributed by atoms with E-state index in [1.165, 1.54) is 0 Å². The van der Waals surface area contributed by atoms with Crippen molar-refractivity contribution in [3.05, 3.63) is 18.2 Å². The van der Waals surface area contributed by atoms with Gasteiger partial charge in [-0.2, -0.15) is 0 Å². The Morgan fingerprint density at radius 2 is 1.95 bits per heavy atom. The summed E-state index contributed by atoms with van der Waals surface area (Å²) < 4.78 is 11.0. The van der Waals surface area contributed by atoms with E-state index in [2.05, 4.69) is 26.1 Å². The molecular formula is C15H23NO3S. The van der Waals surface area contributed by atoms with Crippen molar-refractivity contribution in [3.8, 4) is 11.5 Å². The number of fused-ring (bicyclic) bond motifs is 1. The van der Waals surface area contributed by atoms with Gasteiger partial charge in [-0.25, -0.2) is 0 Å². The zero-order chi connectivity index (χ0) is 14.6. The Morgan fingerprint density at radius 3 is 2.65 bits per heavy atom. The number of aliphatic hydroxyl groups excluding tert-OH is 1. The summed E-state index contributed by atoms with van der Waals surface area (Å²) >= 11 is 1.63. The highest BCUT2D eigenvalue weighted by Crippen LogP contribution is 2.34. The number of aliphatic hydroxyl groups is 1. The molecule has 0 bridgehead atoms. The molecule has 1 aliphatic heterocycles. The molecule has 1 aromatic carbocycles. The topological polar surface area (TPSA) is 50.7 Å². The Bertz CT molecular complexity index is 445. The molecule has 1 aliphatic rings. The maximum absolute atomic E-state index is 9.97. The minimum atomic E-state index is -0.368. The maximum Gasteiger partial charge on any atom is 0.162 e. The van der Waals surface area contributed by atoms with Gasteiger partial charge in [0.25, 0.3) is 0 Å². The summed E-state index contributed by atoms with van der Waals surface area (Å²) in [6, 6.07) is 5.90. The van der Waals surface area contributed by atoms with Crippen LogP contribution >= 0.6 is 11.8 Å². The van der Waals surface area contributed by atoms with Gasteiger partial charge >= 0.3 is 0 Å². The predicted molar refractivity (Wildman–Crippen MR) is 81.9 cm³/mol.